The predicted octanol–water partition coefficient (Wildman–Crippen LogP) is 5.58. The molecule has 0 amide bonds. The van der Waals surface area contributed by atoms with Crippen molar-refractivity contribution in [1.82, 2.24) is 9.47 Å². The van der Waals surface area contributed by atoms with Crippen LogP contribution in [-0.4, -0.2) is 29.1 Å². The Morgan fingerprint density at radius 3 is 2.40 bits per heavy atom. The number of nitrogens with zero attached hydrogens (tertiary/aromatic N) is 2. The van der Waals surface area contributed by atoms with Gasteiger partial charge in [0.15, 0.2) is 0 Å². The standard InChI is InChI=1S/C22H32N2.ClH/c1-3-23(4-2)16-11-17-24-21-15-10-6-9-14-20(21)18-22(24)19-12-7-5-8-13-19;/h5,7-8,12-13,18H,3-4,6,9-11,14-17H2,1-2H3;1H. The van der Waals surface area contributed by atoms with Crippen LogP contribution in [-0.2, 0) is 19.4 Å². The molecule has 2 aromatic rings. The third kappa shape index (κ3) is 4.89. The summed E-state index contributed by atoms with van der Waals surface area (Å²) in [4.78, 5) is 2.53. The van der Waals surface area contributed by atoms with Crippen molar-refractivity contribution < 1.29 is 0 Å². The highest BCUT2D eigenvalue weighted by atomic mass is 35.5. The van der Waals surface area contributed by atoms with E-state index in [0.717, 1.165) is 19.6 Å². The summed E-state index contributed by atoms with van der Waals surface area (Å²) in [6, 6.07) is 13.4. The molecule has 1 aliphatic rings. The van der Waals surface area contributed by atoms with Crippen molar-refractivity contribution in [1.29, 1.82) is 0 Å². The third-order valence-corrected chi connectivity index (χ3v) is 5.48. The molecule has 1 heterocycles. The highest BCUT2D eigenvalue weighted by molar-refractivity contribution is 5.85. The first-order chi connectivity index (χ1) is 11.8. The smallest absolute Gasteiger partial charge is 0.0485 e. The molecule has 0 unspecified atom stereocenters. The first-order valence-corrected chi connectivity index (χ1v) is 9.82. The number of hydrogen-bond acceptors (Lipinski definition) is 1. The van der Waals surface area contributed by atoms with Crippen LogP contribution in [0.1, 0.15) is 50.8 Å². The van der Waals surface area contributed by atoms with Crippen molar-refractivity contribution in [3.05, 3.63) is 47.7 Å². The number of halogens is 1. The van der Waals surface area contributed by atoms with E-state index in [9.17, 15) is 0 Å². The minimum atomic E-state index is 0. The third-order valence-electron chi connectivity index (χ3n) is 5.48. The van der Waals surface area contributed by atoms with Crippen LogP contribution in [0.25, 0.3) is 11.3 Å². The molecule has 0 radical (unpaired) electrons. The molecule has 0 atom stereocenters. The number of rotatable bonds is 7. The number of hydrogen-bond donors (Lipinski definition) is 0. The molecule has 0 fully saturated rings. The van der Waals surface area contributed by atoms with E-state index in [0.29, 0.717) is 0 Å². The van der Waals surface area contributed by atoms with Gasteiger partial charge in [0.25, 0.3) is 0 Å². The summed E-state index contributed by atoms with van der Waals surface area (Å²) in [5.74, 6) is 0. The first-order valence-electron chi connectivity index (χ1n) is 9.82. The van der Waals surface area contributed by atoms with E-state index in [1.54, 1.807) is 11.3 Å². The van der Waals surface area contributed by atoms with Crippen LogP contribution in [0.5, 0.6) is 0 Å². The van der Waals surface area contributed by atoms with Gasteiger partial charge in [-0.3, -0.25) is 0 Å². The second kappa shape index (κ2) is 10.0. The lowest BCUT2D eigenvalue weighted by Gasteiger charge is -2.20. The maximum absolute atomic E-state index is 2.64. The number of aromatic nitrogens is 1. The first kappa shape index (κ1) is 20.1. The second-order valence-electron chi connectivity index (χ2n) is 6.96. The maximum atomic E-state index is 2.64. The Kier molecular flexibility index (Phi) is 8.05. The van der Waals surface area contributed by atoms with Gasteiger partial charge in [0.1, 0.15) is 0 Å². The zero-order valence-corrected chi connectivity index (χ0v) is 16.7. The van der Waals surface area contributed by atoms with E-state index in [1.165, 1.54) is 56.3 Å². The molecule has 3 rings (SSSR count). The van der Waals surface area contributed by atoms with E-state index >= 15 is 0 Å². The molecule has 1 aromatic carbocycles. The molecule has 1 aromatic heterocycles. The average molecular weight is 361 g/mol. The van der Waals surface area contributed by atoms with Gasteiger partial charge in [0.2, 0.25) is 0 Å². The molecule has 1 aliphatic carbocycles. The van der Waals surface area contributed by atoms with Gasteiger partial charge in [-0.25, -0.2) is 0 Å². The fourth-order valence-corrected chi connectivity index (χ4v) is 4.04. The summed E-state index contributed by atoms with van der Waals surface area (Å²) in [6.45, 7) is 9.20. The summed E-state index contributed by atoms with van der Waals surface area (Å²) >= 11 is 0. The minimum absolute atomic E-state index is 0. The van der Waals surface area contributed by atoms with Gasteiger partial charge >= 0.3 is 0 Å². The fraction of sp³-hybridized carbons (Fsp3) is 0.545. The van der Waals surface area contributed by atoms with Crippen molar-refractivity contribution in [2.24, 2.45) is 0 Å². The van der Waals surface area contributed by atoms with Gasteiger partial charge < -0.3 is 9.47 Å². The lowest BCUT2D eigenvalue weighted by atomic mass is 10.1. The summed E-state index contributed by atoms with van der Waals surface area (Å²) in [5.41, 5.74) is 6.02. The number of fused-ring (bicyclic) bond motifs is 1. The Bertz CT molecular complexity index is 629. The van der Waals surface area contributed by atoms with Crippen molar-refractivity contribution in [2.45, 2.75) is 58.9 Å². The molecular formula is C22H33ClN2. The molecule has 25 heavy (non-hydrogen) atoms. The molecule has 2 nitrogen and oxygen atoms in total. The summed E-state index contributed by atoms with van der Waals surface area (Å²) in [5, 5.41) is 0. The van der Waals surface area contributed by atoms with Crippen molar-refractivity contribution in [2.75, 3.05) is 19.6 Å². The summed E-state index contributed by atoms with van der Waals surface area (Å²) in [6.07, 6.45) is 7.84. The van der Waals surface area contributed by atoms with Crippen molar-refractivity contribution >= 4 is 12.4 Å². The monoisotopic (exact) mass is 360 g/mol. The molecule has 138 valence electrons. The maximum Gasteiger partial charge on any atom is 0.0485 e. The summed E-state index contributed by atoms with van der Waals surface area (Å²) < 4.78 is 2.64. The van der Waals surface area contributed by atoms with E-state index < -0.39 is 0 Å². The van der Waals surface area contributed by atoms with Crippen LogP contribution >= 0.6 is 12.4 Å². The van der Waals surface area contributed by atoms with Gasteiger partial charge in [-0.2, -0.15) is 0 Å². The van der Waals surface area contributed by atoms with Crippen LogP contribution in [0.15, 0.2) is 36.4 Å². The van der Waals surface area contributed by atoms with E-state index in [1.807, 2.05) is 0 Å². The van der Waals surface area contributed by atoms with Crippen molar-refractivity contribution in [3.8, 4) is 11.3 Å². The van der Waals surface area contributed by atoms with Crippen LogP contribution in [0.3, 0.4) is 0 Å². The Balaban J connectivity index is 0.00000225. The highest BCUT2D eigenvalue weighted by Crippen LogP contribution is 2.30. The Morgan fingerprint density at radius 1 is 0.960 bits per heavy atom. The largest absolute Gasteiger partial charge is 0.344 e. The molecule has 0 spiro atoms. The molecule has 0 saturated carbocycles. The Morgan fingerprint density at radius 2 is 1.68 bits per heavy atom. The van der Waals surface area contributed by atoms with Gasteiger partial charge in [-0.05, 0) is 68.9 Å². The van der Waals surface area contributed by atoms with E-state index in [-0.39, 0.29) is 12.4 Å². The van der Waals surface area contributed by atoms with Gasteiger partial charge in [-0.15, -0.1) is 12.4 Å². The van der Waals surface area contributed by atoms with Gasteiger partial charge in [-0.1, -0.05) is 50.6 Å². The SMILES string of the molecule is CCN(CC)CCCn1c(-c2ccccc2)cc2c1CCCCC2.Cl. The van der Waals surface area contributed by atoms with Crippen LogP contribution in [0, 0.1) is 0 Å². The fourth-order valence-electron chi connectivity index (χ4n) is 4.04. The molecule has 0 aliphatic heterocycles. The minimum Gasteiger partial charge on any atom is -0.344 e. The topological polar surface area (TPSA) is 8.17 Å². The second-order valence-corrected chi connectivity index (χ2v) is 6.96. The average Bonchev–Trinajstić information content (AvgIpc) is 2.80. The molecule has 0 bridgehead atoms. The number of benzene rings is 1. The quantitative estimate of drug-likeness (QED) is 0.585. The highest BCUT2D eigenvalue weighted by Gasteiger charge is 2.18. The summed E-state index contributed by atoms with van der Waals surface area (Å²) in [7, 11) is 0. The van der Waals surface area contributed by atoms with E-state index in [4.69, 9.17) is 0 Å². The predicted molar refractivity (Wildman–Crippen MR) is 111 cm³/mol. The van der Waals surface area contributed by atoms with Crippen LogP contribution < -0.4 is 0 Å². The lowest BCUT2D eigenvalue weighted by molar-refractivity contribution is 0.293. The normalized spacial score (nSPS) is 14.0. The zero-order valence-electron chi connectivity index (χ0n) is 15.8. The molecule has 3 heteroatoms. The zero-order chi connectivity index (χ0) is 16.8. The molecule has 0 N–H and O–H groups in total. The molecule has 0 saturated heterocycles. The Hall–Kier alpha value is -1.25. The van der Waals surface area contributed by atoms with Gasteiger partial charge in [0, 0.05) is 17.9 Å². The van der Waals surface area contributed by atoms with E-state index in [2.05, 4.69) is 59.7 Å². The molecular weight excluding hydrogens is 328 g/mol. The van der Waals surface area contributed by atoms with Gasteiger partial charge in [0.05, 0.1) is 0 Å². The Labute approximate surface area is 159 Å². The lowest BCUT2D eigenvalue weighted by Crippen LogP contribution is -2.25. The van der Waals surface area contributed by atoms with Crippen LogP contribution in [0.2, 0.25) is 0 Å². The van der Waals surface area contributed by atoms with Crippen LogP contribution in [0.4, 0.5) is 0 Å². The van der Waals surface area contributed by atoms with Crippen molar-refractivity contribution in [3.63, 3.8) is 0 Å². The number of aryl methyl sites for hydroxylation is 1.